The van der Waals surface area contributed by atoms with Gasteiger partial charge in [-0.1, -0.05) is 84.4 Å². The smallest absolute Gasteiger partial charge is 0.205 e. The highest BCUT2D eigenvalue weighted by molar-refractivity contribution is 6.30. The molecule has 0 spiro atoms. The molecule has 3 aromatic carbocycles. The molecule has 0 fully saturated rings. The molecule has 0 saturated carbocycles. The van der Waals surface area contributed by atoms with E-state index in [0.717, 1.165) is 5.56 Å². The highest BCUT2D eigenvalue weighted by Crippen LogP contribution is 2.37. The lowest BCUT2D eigenvalue weighted by molar-refractivity contribution is -0.150. The van der Waals surface area contributed by atoms with Crippen LogP contribution in [0.1, 0.15) is 28.2 Å². The Balaban J connectivity index is 1.74. The molecule has 0 aliphatic rings. The van der Waals surface area contributed by atoms with Gasteiger partial charge in [0.25, 0.3) is 0 Å². The first-order chi connectivity index (χ1) is 13.3. The summed E-state index contributed by atoms with van der Waals surface area (Å²) in [4.78, 5) is 0. The van der Waals surface area contributed by atoms with Gasteiger partial charge in [0.15, 0.2) is 0 Å². The topological polar surface area (TPSA) is 0 Å². The van der Waals surface area contributed by atoms with Crippen LogP contribution >= 0.6 is 11.6 Å². The average Bonchev–Trinajstić information content (AvgIpc) is 2.68. The standard InChI is InChI=1S/C23H17ClF4/c24-21-13-12-18(15-22(21)25)11-8-16-6-9-17(10-7-16)14-20(23(26,27)28)19-4-2-1-3-5-19/h1-13,15,20H,14H2/b11-8+. The number of alkyl halides is 3. The molecule has 3 aromatic rings. The Bertz CT molecular complexity index is 945. The van der Waals surface area contributed by atoms with Crippen LogP contribution in [0.25, 0.3) is 12.2 Å². The Hall–Kier alpha value is -2.59. The van der Waals surface area contributed by atoms with Gasteiger partial charge in [0.2, 0.25) is 0 Å². The first kappa shape index (κ1) is 20.2. The van der Waals surface area contributed by atoms with Gasteiger partial charge >= 0.3 is 6.18 Å². The number of halogens is 5. The molecule has 144 valence electrons. The monoisotopic (exact) mass is 404 g/mol. The molecule has 0 amide bonds. The van der Waals surface area contributed by atoms with E-state index in [1.807, 2.05) is 0 Å². The maximum Gasteiger partial charge on any atom is 0.396 e. The molecule has 0 aliphatic heterocycles. The van der Waals surface area contributed by atoms with Crippen molar-refractivity contribution in [3.8, 4) is 0 Å². The lowest BCUT2D eigenvalue weighted by atomic mass is 9.91. The van der Waals surface area contributed by atoms with Gasteiger partial charge in [-0.2, -0.15) is 13.2 Å². The van der Waals surface area contributed by atoms with Crippen molar-refractivity contribution in [2.75, 3.05) is 0 Å². The normalized spacial score (nSPS) is 13.0. The molecule has 0 aromatic heterocycles. The van der Waals surface area contributed by atoms with Crippen LogP contribution in [0.2, 0.25) is 5.02 Å². The fourth-order valence-electron chi connectivity index (χ4n) is 2.92. The second kappa shape index (κ2) is 8.61. The molecule has 3 rings (SSSR count). The minimum Gasteiger partial charge on any atom is -0.205 e. The molecule has 28 heavy (non-hydrogen) atoms. The van der Waals surface area contributed by atoms with Gasteiger partial charge in [0, 0.05) is 0 Å². The van der Waals surface area contributed by atoms with Gasteiger partial charge in [-0.15, -0.1) is 0 Å². The fourth-order valence-corrected chi connectivity index (χ4v) is 3.03. The van der Waals surface area contributed by atoms with E-state index in [9.17, 15) is 17.6 Å². The van der Waals surface area contributed by atoms with E-state index in [1.54, 1.807) is 60.7 Å². The highest BCUT2D eigenvalue weighted by atomic mass is 35.5. The number of hydrogen-bond donors (Lipinski definition) is 0. The summed E-state index contributed by atoms with van der Waals surface area (Å²) in [6.45, 7) is 0. The molecule has 5 heteroatoms. The molecule has 1 unspecified atom stereocenters. The first-order valence-electron chi connectivity index (χ1n) is 8.66. The molecule has 0 nitrogen and oxygen atoms in total. The van der Waals surface area contributed by atoms with Crippen molar-refractivity contribution < 1.29 is 17.6 Å². The molecule has 0 saturated heterocycles. The van der Waals surface area contributed by atoms with Gasteiger partial charge in [-0.05, 0) is 40.8 Å². The van der Waals surface area contributed by atoms with E-state index < -0.39 is 17.9 Å². The summed E-state index contributed by atoms with van der Waals surface area (Å²) < 4.78 is 53.9. The lowest BCUT2D eigenvalue weighted by Crippen LogP contribution is -2.22. The van der Waals surface area contributed by atoms with Crippen LogP contribution in [0.4, 0.5) is 17.6 Å². The zero-order valence-corrected chi connectivity index (χ0v) is 15.5. The number of hydrogen-bond acceptors (Lipinski definition) is 0. The zero-order valence-electron chi connectivity index (χ0n) is 14.8. The summed E-state index contributed by atoms with van der Waals surface area (Å²) in [5.41, 5.74) is 2.30. The van der Waals surface area contributed by atoms with Crippen molar-refractivity contribution in [3.05, 3.63) is 106 Å². The van der Waals surface area contributed by atoms with E-state index >= 15 is 0 Å². The highest BCUT2D eigenvalue weighted by Gasteiger charge is 2.40. The summed E-state index contributed by atoms with van der Waals surface area (Å²) in [6, 6.07) is 19.3. The predicted molar refractivity (Wildman–Crippen MR) is 106 cm³/mol. The van der Waals surface area contributed by atoms with Gasteiger partial charge in [-0.25, -0.2) is 4.39 Å². The minimum atomic E-state index is -4.32. The van der Waals surface area contributed by atoms with Crippen molar-refractivity contribution in [2.24, 2.45) is 0 Å². The average molecular weight is 405 g/mol. The van der Waals surface area contributed by atoms with Crippen LogP contribution in [0.3, 0.4) is 0 Å². The quantitative estimate of drug-likeness (QED) is 0.304. The van der Waals surface area contributed by atoms with Crippen LogP contribution in [-0.2, 0) is 6.42 Å². The Kier molecular flexibility index (Phi) is 6.20. The molecule has 0 radical (unpaired) electrons. The predicted octanol–water partition coefficient (Wildman–Crippen LogP) is 7.54. The van der Waals surface area contributed by atoms with E-state index in [-0.39, 0.29) is 17.0 Å². The van der Waals surface area contributed by atoms with E-state index in [1.165, 1.54) is 24.3 Å². The lowest BCUT2D eigenvalue weighted by Gasteiger charge is -2.21. The number of benzene rings is 3. The summed E-state index contributed by atoms with van der Waals surface area (Å²) in [6.07, 6.45) is -0.958. The van der Waals surface area contributed by atoms with Crippen LogP contribution in [-0.4, -0.2) is 6.18 Å². The second-order valence-corrected chi connectivity index (χ2v) is 6.86. The summed E-state index contributed by atoms with van der Waals surface area (Å²) in [5, 5.41) is 0.0548. The zero-order chi connectivity index (χ0) is 20.1. The third-order valence-corrected chi connectivity index (χ3v) is 4.74. The van der Waals surface area contributed by atoms with E-state index in [0.29, 0.717) is 11.1 Å². The molecular formula is C23H17ClF4. The van der Waals surface area contributed by atoms with Crippen LogP contribution < -0.4 is 0 Å². The Labute approximate surface area is 166 Å². The van der Waals surface area contributed by atoms with Gasteiger partial charge in [-0.3, -0.25) is 0 Å². The van der Waals surface area contributed by atoms with Gasteiger partial charge < -0.3 is 0 Å². The van der Waals surface area contributed by atoms with E-state index in [2.05, 4.69) is 0 Å². The van der Waals surface area contributed by atoms with Crippen LogP contribution in [0.5, 0.6) is 0 Å². The molecule has 0 N–H and O–H groups in total. The van der Waals surface area contributed by atoms with Gasteiger partial charge in [0.1, 0.15) is 5.82 Å². The Morgan fingerprint density at radius 1 is 0.821 bits per heavy atom. The molecular weight excluding hydrogens is 388 g/mol. The maximum atomic E-state index is 13.5. The van der Waals surface area contributed by atoms with Crippen molar-refractivity contribution in [1.82, 2.24) is 0 Å². The maximum absolute atomic E-state index is 13.5. The van der Waals surface area contributed by atoms with Gasteiger partial charge in [0.05, 0.1) is 10.9 Å². The summed E-state index contributed by atoms with van der Waals surface area (Å²) >= 11 is 5.65. The molecule has 0 bridgehead atoms. The molecule has 0 heterocycles. The fraction of sp³-hybridized carbons (Fsp3) is 0.130. The minimum absolute atomic E-state index is 0.0548. The SMILES string of the molecule is Fc1cc(/C=C/c2ccc(CC(c3ccccc3)C(F)(F)F)cc2)ccc1Cl. The Morgan fingerprint density at radius 2 is 1.43 bits per heavy atom. The van der Waals surface area contributed by atoms with Crippen molar-refractivity contribution in [2.45, 2.75) is 18.5 Å². The third-order valence-electron chi connectivity index (χ3n) is 4.43. The van der Waals surface area contributed by atoms with Crippen molar-refractivity contribution in [3.63, 3.8) is 0 Å². The van der Waals surface area contributed by atoms with Crippen LogP contribution in [0.15, 0.2) is 72.8 Å². The molecule has 1 atom stereocenters. The van der Waals surface area contributed by atoms with Crippen LogP contribution in [0, 0.1) is 5.82 Å². The Morgan fingerprint density at radius 3 is 2.04 bits per heavy atom. The van der Waals surface area contributed by atoms with Crippen molar-refractivity contribution >= 4 is 23.8 Å². The third kappa shape index (κ3) is 5.23. The summed E-state index contributed by atoms with van der Waals surface area (Å²) in [5.74, 6) is -2.05. The number of rotatable bonds is 5. The van der Waals surface area contributed by atoms with E-state index in [4.69, 9.17) is 11.6 Å². The largest absolute Gasteiger partial charge is 0.396 e. The first-order valence-corrected chi connectivity index (χ1v) is 9.04. The summed E-state index contributed by atoms with van der Waals surface area (Å²) in [7, 11) is 0. The van der Waals surface area contributed by atoms with Crippen molar-refractivity contribution in [1.29, 1.82) is 0 Å². The molecule has 0 aliphatic carbocycles. The second-order valence-electron chi connectivity index (χ2n) is 6.46.